The monoisotopic (exact) mass is 274 g/mol. The van der Waals surface area contributed by atoms with E-state index in [1.165, 1.54) is 0 Å². The second kappa shape index (κ2) is 7.66. The molecular formula is C16H22N2O2. The summed E-state index contributed by atoms with van der Waals surface area (Å²) in [6, 6.07) is 9.56. The van der Waals surface area contributed by atoms with Crippen LogP contribution in [0.1, 0.15) is 31.4 Å². The normalized spacial score (nSPS) is 10.9. The third kappa shape index (κ3) is 5.02. The highest BCUT2D eigenvalue weighted by molar-refractivity contribution is 5.81. The SMILES string of the molecule is COCCC(C)(C)C(=O)NCCc1cccc(C#N)c1. The summed E-state index contributed by atoms with van der Waals surface area (Å²) in [4.78, 5) is 12.1. The first-order chi connectivity index (χ1) is 9.49. The fourth-order valence-electron chi connectivity index (χ4n) is 1.83. The van der Waals surface area contributed by atoms with E-state index in [0.29, 0.717) is 25.1 Å². The molecule has 0 aliphatic rings. The molecule has 1 rings (SSSR count). The number of hydrogen-bond donors (Lipinski definition) is 1. The Balaban J connectivity index is 2.43. The van der Waals surface area contributed by atoms with Gasteiger partial charge in [-0.25, -0.2) is 0 Å². The van der Waals surface area contributed by atoms with E-state index >= 15 is 0 Å². The van der Waals surface area contributed by atoms with Crippen molar-refractivity contribution in [1.82, 2.24) is 5.32 Å². The summed E-state index contributed by atoms with van der Waals surface area (Å²) >= 11 is 0. The van der Waals surface area contributed by atoms with E-state index < -0.39 is 5.41 Å². The maximum Gasteiger partial charge on any atom is 0.225 e. The highest BCUT2D eigenvalue weighted by atomic mass is 16.5. The Bertz CT molecular complexity index is 489. The van der Waals surface area contributed by atoms with Crippen LogP contribution in [0.2, 0.25) is 0 Å². The zero-order chi connectivity index (χ0) is 15.0. The van der Waals surface area contributed by atoms with E-state index in [1.54, 1.807) is 13.2 Å². The van der Waals surface area contributed by atoms with E-state index in [2.05, 4.69) is 11.4 Å². The lowest BCUT2D eigenvalue weighted by Crippen LogP contribution is -2.38. The van der Waals surface area contributed by atoms with Crippen molar-refractivity contribution in [2.45, 2.75) is 26.7 Å². The minimum Gasteiger partial charge on any atom is -0.385 e. The molecule has 0 heterocycles. The maximum atomic E-state index is 12.1. The van der Waals surface area contributed by atoms with Crippen molar-refractivity contribution < 1.29 is 9.53 Å². The fraction of sp³-hybridized carbons (Fsp3) is 0.500. The van der Waals surface area contributed by atoms with Crippen LogP contribution in [0.15, 0.2) is 24.3 Å². The molecule has 0 aliphatic carbocycles. The minimum atomic E-state index is -0.426. The molecule has 108 valence electrons. The van der Waals surface area contributed by atoms with Crippen molar-refractivity contribution in [1.29, 1.82) is 5.26 Å². The molecule has 1 N–H and O–H groups in total. The summed E-state index contributed by atoms with van der Waals surface area (Å²) in [5, 5.41) is 11.8. The highest BCUT2D eigenvalue weighted by Crippen LogP contribution is 2.20. The van der Waals surface area contributed by atoms with Gasteiger partial charge in [-0.3, -0.25) is 4.79 Å². The number of rotatable bonds is 7. The van der Waals surface area contributed by atoms with Crippen molar-refractivity contribution in [3.05, 3.63) is 35.4 Å². The van der Waals surface area contributed by atoms with E-state index in [1.807, 2.05) is 32.0 Å². The van der Waals surface area contributed by atoms with E-state index in [0.717, 1.165) is 12.0 Å². The molecule has 0 spiro atoms. The number of carbonyl (C=O) groups is 1. The topological polar surface area (TPSA) is 62.1 Å². The zero-order valence-corrected chi connectivity index (χ0v) is 12.4. The second-order valence-electron chi connectivity index (χ2n) is 5.44. The molecule has 20 heavy (non-hydrogen) atoms. The van der Waals surface area contributed by atoms with Gasteiger partial charge in [-0.15, -0.1) is 0 Å². The van der Waals surface area contributed by atoms with Crippen molar-refractivity contribution in [2.24, 2.45) is 5.41 Å². The van der Waals surface area contributed by atoms with Crippen molar-refractivity contribution in [3.8, 4) is 6.07 Å². The van der Waals surface area contributed by atoms with E-state index in [-0.39, 0.29) is 5.91 Å². The van der Waals surface area contributed by atoms with E-state index in [9.17, 15) is 4.79 Å². The van der Waals surface area contributed by atoms with Crippen LogP contribution in [-0.4, -0.2) is 26.2 Å². The zero-order valence-electron chi connectivity index (χ0n) is 12.4. The van der Waals surface area contributed by atoms with Gasteiger partial charge in [-0.1, -0.05) is 26.0 Å². The average Bonchev–Trinajstić information content (AvgIpc) is 2.45. The first kappa shape index (κ1) is 16.2. The minimum absolute atomic E-state index is 0.0333. The predicted molar refractivity (Wildman–Crippen MR) is 78.1 cm³/mol. The quantitative estimate of drug-likeness (QED) is 0.829. The van der Waals surface area contributed by atoms with Gasteiger partial charge >= 0.3 is 0 Å². The number of hydrogen-bond acceptors (Lipinski definition) is 3. The number of amides is 1. The summed E-state index contributed by atoms with van der Waals surface area (Å²) in [5.74, 6) is 0.0333. The summed E-state index contributed by atoms with van der Waals surface area (Å²) < 4.78 is 5.02. The molecule has 0 unspecified atom stereocenters. The Morgan fingerprint density at radius 3 is 2.85 bits per heavy atom. The molecule has 1 aromatic carbocycles. The van der Waals surface area contributed by atoms with Crippen LogP contribution in [-0.2, 0) is 16.0 Å². The molecule has 0 saturated carbocycles. The standard InChI is InChI=1S/C16H22N2O2/c1-16(2,8-10-20-3)15(19)18-9-7-13-5-4-6-14(11-13)12-17/h4-6,11H,7-10H2,1-3H3,(H,18,19). The van der Waals surface area contributed by atoms with Gasteiger partial charge in [0.15, 0.2) is 0 Å². The molecule has 0 fully saturated rings. The number of carbonyl (C=O) groups excluding carboxylic acids is 1. The van der Waals surface area contributed by atoms with Gasteiger partial charge in [0.1, 0.15) is 0 Å². The summed E-state index contributed by atoms with van der Waals surface area (Å²) in [7, 11) is 1.64. The Kier molecular flexibility index (Phi) is 6.20. The van der Waals surface area contributed by atoms with Crippen molar-refractivity contribution in [2.75, 3.05) is 20.3 Å². The first-order valence-electron chi connectivity index (χ1n) is 6.76. The molecule has 0 bridgehead atoms. The Morgan fingerprint density at radius 2 is 2.20 bits per heavy atom. The number of ether oxygens (including phenoxy) is 1. The first-order valence-corrected chi connectivity index (χ1v) is 6.76. The Labute approximate surface area is 120 Å². The molecule has 1 amide bonds. The van der Waals surface area contributed by atoms with Gasteiger partial charge in [0.2, 0.25) is 5.91 Å². The summed E-state index contributed by atoms with van der Waals surface area (Å²) in [6.07, 6.45) is 1.42. The number of nitriles is 1. The van der Waals surface area contributed by atoms with E-state index in [4.69, 9.17) is 10.00 Å². The van der Waals surface area contributed by atoms with Crippen molar-refractivity contribution >= 4 is 5.91 Å². The van der Waals surface area contributed by atoms with Crippen LogP contribution < -0.4 is 5.32 Å². The molecule has 1 aromatic rings. The molecule has 0 atom stereocenters. The fourth-order valence-corrected chi connectivity index (χ4v) is 1.83. The third-order valence-electron chi connectivity index (χ3n) is 3.30. The highest BCUT2D eigenvalue weighted by Gasteiger charge is 2.26. The van der Waals surface area contributed by atoms with Crippen molar-refractivity contribution in [3.63, 3.8) is 0 Å². The van der Waals surface area contributed by atoms with Gasteiger partial charge in [-0.2, -0.15) is 5.26 Å². The van der Waals surface area contributed by atoms with Gasteiger partial charge in [-0.05, 0) is 30.5 Å². The lowest BCUT2D eigenvalue weighted by Gasteiger charge is -2.23. The largest absolute Gasteiger partial charge is 0.385 e. The lowest BCUT2D eigenvalue weighted by molar-refractivity contribution is -0.130. The lowest BCUT2D eigenvalue weighted by atomic mass is 9.88. The molecule has 0 radical (unpaired) electrons. The molecule has 4 heteroatoms. The number of benzene rings is 1. The Morgan fingerprint density at radius 1 is 1.45 bits per heavy atom. The van der Waals surface area contributed by atoms with Crippen LogP contribution >= 0.6 is 0 Å². The molecule has 0 saturated heterocycles. The van der Waals surface area contributed by atoms with Crippen LogP contribution in [0.5, 0.6) is 0 Å². The van der Waals surface area contributed by atoms with Crippen LogP contribution in [0.25, 0.3) is 0 Å². The van der Waals surface area contributed by atoms with Gasteiger partial charge in [0, 0.05) is 25.7 Å². The number of methoxy groups -OCH3 is 1. The maximum absolute atomic E-state index is 12.1. The average molecular weight is 274 g/mol. The summed E-state index contributed by atoms with van der Waals surface area (Å²) in [6.45, 7) is 4.98. The van der Waals surface area contributed by atoms with Gasteiger partial charge in [0.05, 0.1) is 11.6 Å². The summed E-state index contributed by atoms with van der Waals surface area (Å²) in [5.41, 5.74) is 1.28. The number of nitrogens with zero attached hydrogens (tertiary/aromatic N) is 1. The van der Waals surface area contributed by atoms with Gasteiger partial charge in [0.25, 0.3) is 0 Å². The smallest absolute Gasteiger partial charge is 0.225 e. The Hall–Kier alpha value is -1.86. The molecular weight excluding hydrogens is 252 g/mol. The van der Waals surface area contributed by atoms with Crippen LogP contribution in [0.3, 0.4) is 0 Å². The molecule has 0 aromatic heterocycles. The molecule has 4 nitrogen and oxygen atoms in total. The second-order valence-corrected chi connectivity index (χ2v) is 5.44. The van der Waals surface area contributed by atoms with Crippen LogP contribution in [0, 0.1) is 16.7 Å². The van der Waals surface area contributed by atoms with Crippen LogP contribution in [0.4, 0.5) is 0 Å². The third-order valence-corrected chi connectivity index (χ3v) is 3.30. The number of nitrogens with one attached hydrogen (secondary N) is 1. The predicted octanol–water partition coefficient (Wildman–Crippen LogP) is 2.28. The van der Waals surface area contributed by atoms with Gasteiger partial charge < -0.3 is 10.1 Å². The molecule has 0 aliphatic heterocycles.